The molecule has 3 rings (SSSR count). The first-order valence-electron chi connectivity index (χ1n) is 5.61. The predicted molar refractivity (Wildman–Crippen MR) is 68.4 cm³/mol. The molecule has 1 aromatic carbocycles. The maximum absolute atomic E-state index is 13.1. The molecule has 0 fully saturated rings. The fourth-order valence-electron chi connectivity index (χ4n) is 1.92. The lowest BCUT2D eigenvalue weighted by Crippen LogP contribution is -1.97. The second-order valence-electron chi connectivity index (χ2n) is 4.15. The molecule has 2 N–H and O–H groups in total. The number of rotatable bonds is 2. The van der Waals surface area contributed by atoms with E-state index in [4.69, 9.17) is 5.11 Å². The van der Waals surface area contributed by atoms with E-state index in [9.17, 15) is 9.18 Å². The van der Waals surface area contributed by atoms with E-state index < -0.39 is 5.97 Å². The fraction of sp³-hybridized carbons (Fsp3) is 0. The Morgan fingerprint density at radius 1 is 1.21 bits per heavy atom. The van der Waals surface area contributed by atoms with E-state index in [1.165, 1.54) is 24.4 Å². The number of hydrogen-bond acceptors (Lipinski definition) is 2. The average Bonchev–Trinajstić information content (AvgIpc) is 2.81. The van der Waals surface area contributed by atoms with Crippen LogP contribution in [-0.4, -0.2) is 21.0 Å². The van der Waals surface area contributed by atoms with Crippen LogP contribution in [0.15, 0.2) is 42.6 Å². The van der Waals surface area contributed by atoms with Crippen LogP contribution in [0, 0.1) is 5.82 Å². The van der Waals surface area contributed by atoms with E-state index in [0.717, 1.165) is 11.1 Å². The quantitative estimate of drug-likeness (QED) is 0.740. The van der Waals surface area contributed by atoms with Crippen molar-refractivity contribution < 1.29 is 14.3 Å². The maximum atomic E-state index is 13.1. The highest BCUT2D eigenvalue weighted by atomic mass is 19.1. The Morgan fingerprint density at radius 2 is 2.05 bits per heavy atom. The lowest BCUT2D eigenvalue weighted by molar-refractivity contribution is 0.0696. The number of aromatic carboxylic acids is 1. The second-order valence-corrected chi connectivity index (χ2v) is 4.15. The predicted octanol–water partition coefficient (Wildman–Crippen LogP) is 3.07. The summed E-state index contributed by atoms with van der Waals surface area (Å²) in [6, 6.07) is 9.42. The number of aromatic amines is 1. The molecule has 2 aromatic heterocycles. The number of pyridine rings is 1. The lowest BCUT2D eigenvalue weighted by atomic mass is 10.2. The van der Waals surface area contributed by atoms with Gasteiger partial charge in [0.15, 0.2) is 0 Å². The molecule has 0 aliphatic rings. The molecule has 0 saturated heterocycles. The average molecular weight is 256 g/mol. The standard InChI is InChI=1S/C14H9FN2O2/c15-10-3-1-8-5-13(17-12(8)6-10)11-4-2-9(7-16-11)14(18)19/h1-7,17H,(H,18,19). The van der Waals surface area contributed by atoms with Crippen LogP contribution in [0.3, 0.4) is 0 Å². The molecule has 0 atom stereocenters. The van der Waals surface area contributed by atoms with Gasteiger partial charge in [0, 0.05) is 17.1 Å². The van der Waals surface area contributed by atoms with Crippen LogP contribution >= 0.6 is 0 Å². The zero-order valence-electron chi connectivity index (χ0n) is 9.72. The highest BCUT2D eigenvalue weighted by Crippen LogP contribution is 2.23. The minimum Gasteiger partial charge on any atom is -0.478 e. The number of halogens is 1. The molecule has 4 nitrogen and oxygen atoms in total. The van der Waals surface area contributed by atoms with Gasteiger partial charge in [-0.3, -0.25) is 4.98 Å². The first-order chi connectivity index (χ1) is 9.13. The summed E-state index contributed by atoms with van der Waals surface area (Å²) in [6.45, 7) is 0. The van der Waals surface area contributed by atoms with Crippen molar-refractivity contribution in [1.29, 1.82) is 0 Å². The molecule has 2 heterocycles. The minimum absolute atomic E-state index is 0.130. The highest BCUT2D eigenvalue weighted by molar-refractivity contribution is 5.88. The highest BCUT2D eigenvalue weighted by Gasteiger charge is 2.07. The van der Waals surface area contributed by atoms with Crippen molar-refractivity contribution in [2.24, 2.45) is 0 Å². The van der Waals surface area contributed by atoms with Crippen LogP contribution in [0.1, 0.15) is 10.4 Å². The summed E-state index contributed by atoms with van der Waals surface area (Å²) in [6.07, 6.45) is 1.30. The summed E-state index contributed by atoms with van der Waals surface area (Å²) < 4.78 is 13.1. The van der Waals surface area contributed by atoms with Gasteiger partial charge in [-0.25, -0.2) is 9.18 Å². The van der Waals surface area contributed by atoms with Crippen molar-refractivity contribution >= 4 is 16.9 Å². The van der Waals surface area contributed by atoms with Crippen molar-refractivity contribution in [3.63, 3.8) is 0 Å². The van der Waals surface area contributed by atoms with Crippen molar-refractivity contribution in [2.75, 3.05) is 0 Å². The van der Waals surface area contributed by atoms with Crippen molar-refractivity contribution in [1.82, 2.24) is 9.97 Å². The molecular weight excluding hydrogens is 247 g/mol. The fourth-order valence-corrected chi connectivity index (χ4v) is 1.92. The number of fused-ring (bicyclic) bond motifs is 1. The van der Waals surface area contributed by atoms with Gasteiger partial charge in [0.25, 0.3) is 0 Å². The maximum Gasteiger partial charge on any atom is 0.337 e. The van der Waals surface area contributed by atoms with Crippen molar-refractivity contribution in [3.8, 4) is 11.4 Å². The number of nitrogens with zero attached hydrogens (tertiary/aromatic N) is 1. The Hall–Kier alpha value is -2.69. The third-order valence-electron chi connectivity index (χ3n) is 2.87. The van der Waals surface area contributed by atoms with Gasteiger partial charge in [0.2, 0.25) is 0 Å². The molecule has 0 aliphatic heterocycles. The SMILES string of the molecule is O=C(O)c1ccc(-c2cc3ccc(F)cc3[nH]2)nc1. The number of carboxylic acid groups (broad SMARTS) is 1. The number of carbonyl (C=O) groups is 1. The van der Waals surface area contributed by atoms with Crippen LogP contribution < -0.4 is 0 Å². The number of hydrogen-bond donors (Lipinski definition) is 2. The number of H-pyrrole nitrogens is 1. The largest absolute Gasteiger partial charge is 0.478 e. The summed E-state index contributed by atoms with van der Waals surface area (Å²) in [7, 11) is 0. The summed E-state index contributed by atoms with van der Waals surface area (Å²) in [5, 5.41) is 9.68. The van der Waals surface area contributed by atoms with Crippen LogP contribution in [0.2, 0.25) is 0 Å². The van der Waals surface area contributed by atoms with E-state index in [0.29, 0.717) is 11.2 Å². The smallest absolute Gasteiger partial charge is 0.337 e. The van der Waals surface area contributed by atoms with Gasteiger partial charge in [-0.05, 0) is 36.4 Å². The Labute approximate surface area is 107 Å². The first-order valence-corrected chi connectivity index (χ1v) is 5.61. The molecule has 0 spiro atoms. The van der Waals surface area contributed by atoms with Crippen LogP contribution in [0.5, 0.6) is 0 Å². The Kier molecular flexibility index (Phi) is 2.52. The molecule has 0 unspecified atom stereocenters. The molecule has 0 saturated carbocycles. The van der Waals surface area contributed by atoms with Crippen LogP contribution in [0.4, 0.5) is 4.39 Å². The normalized spacial score (nSPS) is 10.8. The second kappa shape index (κ2) is 4.20. The Morgan fingerprint density at radius 3 is 2.74 bits per heavy atom. The number of benzene rings is 1. The summed E-state index contributed by atoms with van der Waals surface area (Å²) >= 11 is 0. The minimum atomic E-state index is -1.02. The molecule has 94 valence electrons. The molecule has 0 bridgehead atoms. The monoisotopic (exact) mass is 256 g/mol. The zero-order chi connectivity index (χ0) is 13.4. The Balaban J connectivity index is 2.06. The van der Waals surface area contributed by atoms with E-state index in [1.807, 2.05) is 6.07 Å². The van der Waals surface area contributed by atoms with Crippen LogP contribution in [-0.2, 0) is 0 Å². The van der Waals surface area contributed by atoms with E-state index >= 15 is 0 Å². The van der Waals surface area contributed by atoms with Gasteiger partial charge >= 0.3 is 5.97 Å². The molecule has 0 amide bonds. The number of nitrogens with one attached hydrogen (secondary N) is 1. The van der Waals surface area contributed by atoms with Gasteiger partial charge in [-0.1, -0.05) is 0 Å². The summed E-state index contributed by atoms with van der Waals surface area (Å²) in [4.78, 5) is 17.9. The first kappa shape index (κ1) is 11.4. The third kappa shape index (κ3) is 2.06. The third-order valence-corrected chi connectivity index (χ3v) is 2.87. The van der Waals surface area contributed by atoms with E-state index in [1.54, 1.807) is 12.1 Å². The lowest BCUT2D eigenvalue weighted by Gasteiger charge is -1.97. The van der Waals surface area contributed by atoms with Gasteiger partial charge in [0.1, 0.15) is 5.82 Å². The summed E-state index contributed by atoms with van der Waals surface area (Å²) in [5.41, 5.74) is 2.14. The topological polar surface area (TPSA) is 66.0 Å². The molecular formula is C14H9FN2O2. The molecule has 0 aliphatic carbocycles. The molecule has 19 heavy (non-hydrogen) atoms. The van der Waals surface area contributed by atoms with Gasteiger partial charge in [-0.15, -0.1) is 0 Å². The van der Waals surface area contributed by atoms with Gasteiger partial charge in [0.05, 0.1) is 17.0 Å². The zero-order valence-corrected chi connectivity index (χ0v) is 9.72. The van der Waals surface area contributed by atoms with Gasteiger partial charge < -0.3 is 10.1 Å². The van der Waals surface area contributed by atoms with Crippen molar-refractivity contribution in [3.05, 3.63) is 54.0 Å². The van der Waals surface area contributed by atoms with Crippen molar-refractivity contribution in [2.45, 2.75) is 0 Å². The Bertz CT molecular complexity index is 763. The van der Waals surface area contributed by atoms with E-state index in [-0.39, 0.29) is 11.4 Å². The summed E-state index contributed by atoms with van der Waals surface area (Å²) in [5.74, 6) is -1.33. The van der Waals surface area contributed by atoms with E-state index in [2.05, 4.69) is 9.97 Å². The molecule has 3 aromatic rings. The molecule has 0 radical (unpaired) electrons. The van der Waals surface area contributed by atoms with Gasteiger partial charge in [-0.2, -0.15) is 0 Å². The number of aromatic nitrogens is 2. The van der Waals surface area contributed by atoms with Crippen LogP contribution in [0.25, 0.3) is 22.3 Å². The number of carboxylic acids is 1. The molecule has 5 heteroatoms.